The molecule has 1 aromatic rings. The molecular weight excluding hydrogens is 249 g/mol. The first-order valence-corrected chi connectivity index (χ1v) is 5.17. The van der Waals surface area contributed by atoms with Gasteiger partial charge in [-0.25, -0.2) is 4.39 Å². The molecular formula is C10H13BrFNO. The van der Waals surface area contributed by atoms with E-state index >= 15 is 0 Å². The molecule has 0 saturated heterocycles. The van der Waals surface area contributed by atoms with Crippen molar-refractivity contribution in [3.8, 4) is 0 Å². The molecule has 0 atom stereocenters. The number of hydrogen-bond acceptors (Lipinski definition) is 2. The Morgan fingerprint density at radius 1 is 1.50 bits per heavy atom. The summed E-state index contributed by atoms with van der Waals surface area (Å²) in [5, 5.41) is 3.08. The molecule has 78 valence electrons. The topological polar surface area (TPSA) is 21.3 Å². The summed E-state index contributed by atoms with van der Waals surface area (Å²) >= 11 is 3.14. The Bertz CT molecular complexity index is 293. The Hall–Kier alpha value is -0.450. The molecule has 14 heavy (non-hydrogen) atoms. The number of methoxy groups -OCH3 is 1. The summed E-state index contributed by atoms with van der Waals surface area (Å²) in [5.41, 5.74) is 0.662. The van der Waals surface area contributed by atoms with Gasteiger partial charge >= 0.3 is 0 Å². The highest BCUT2D eigenvalue weighted by molar-refractivity contribution is 9.10. The third-order valence-corrected chi connectivity index (χ3v) is 2.44. The van der Waals surface area contributed by atoms with E-state index in [9.17, 15) is 4.39 Å². The highest BCUT2D eigenvalue weighted by Crippen LogP contribution is 2.18. The van der Waals surface area contributed by atoms with Gasteiger partial charge in [-0.1, -0.05) is 12.1 Å². The monoisotopic (exact) mass is 261 g/mol. The van der Waals surface area contributed by atoms with Crippen LogP contribution in [0.4, 0.5) is 4.39 Å². The molecule has 0 radical (unpaired) electrons. The maximum Gasteiger partial charge on any atom is 0.141 e. The van der Waals surface area contributed by atoms with Crippen molar-refractivity contribution in [3.63, 3.8) is 0 Å². The van der Waals surface area contributed by atoms with Crippen LogP contribution in [0, 0.1) is 5.82 Å². The van der Waals surface area contributed by atoms with Crippen molar-refractivity contribution in [2.75, 3.05) is 20.3 Å². The Labute approximate surface area is 91.6 Å². The van der Waals surface area contributed by atoms with Crippen LogP contribution in [0.25, 0.3) is 0 Å². The first kappa shape index (κ1) is 11.6. The Morgan fingerprint density at radius 2 is 2.29 bits per heavy atom. The zero-order valence-electron chi connectivity index (χ0n) is 8.02. The lowest BCUT2D eigenvalue weighted by atomic mass is 10.2. The van der Waals surface area contributed by atoms with Gasteiger partial charge in [0.1, 0.15) is 5.82 Å². The molecule has 1 rings (SSSR count). The van der Waals surface area contributed by atoms with Crippen LogP contribution in [0.3, 0.4) is 0 Å². The molecule has 0 unspecified atom stereocenters. The van der Waals surface area contributed by atoms with E-state index in [0.29, 0.717) is 23.2 Å². The average Bonchev–Trinajstić information content (AvgIpc) is 2.19. The zero-order chi connectivity index (χ0) is 10.4. The van der Waals surface area contributed by atoms with Crippen LogP contribution >= 0.6 is 15.9 Å². The minimum Gasteiger partial charge on any atom is -0.383 e. The van der Waals surface area contributed by atoms with Crippen LogP contribution in [-0.4, -0.2) is 20.3 Å². The zero-order valence-corrected chi connectivity index (χ0v) is 9.60. The van der Waals surface area contributed by atoms with E-state index in [1.54, 1.807) is 19.2 Å². The smallest absolute Gasteiger partial charge is 0.141 e. The predicted octanol–water partition coefficient (Wildman–Crippen LogP) is 2.32. The molecule has 0 aliphatic carbocycles. The van der Waals surface area contributed by atoms with Crippen molar-refractivity contribution in [1.82, 2.24) is 5.32 Å². The van der Waals surface area contributed by atoms with Crippen LogP contribution in [0.15, 0.2) is 22.7 Å². The van der Waals surface area contributed by atoms with Crippen molar-refractivity contribution in [2.45, 2.75) is 6.54 Å². The molecule has 2 nitrogen and oxygen atoms in total. The standard InChI is InChI=1S/C10H13BrFNO/c1-14-6-5-13-7-8-3-2-4-9(11)10(8)12/h2-4,13H,5-7H2,1H3. The van der Waals surface area contributed by atoms with Crippen LogP contribution < -0.4 is 5.32 Å². The molecule has 0 bridgehead atoms. The van der Waals surface area contributed by atoms with Crippen molar-refractivity contribution in [1.29, 1.82) is 0 Å². The van der Waals surface area contributed by atoms with E-state index in [-0.39, 0.29) is 5.82 Å². The van der Waals surface area contributed by atoms with E-state index in [1.165, 1.54) is 0 Å². The Balaban J connectivity index is 2.46. The van der Waals surface area contributed by atoms with Crippen LogP contribution in [0.2, 0.25) is 0 Å². The summed E-state index contributed by atoms with van der Waals surface area (Å²) in [6.45, 7) is 1.88. The van der Waals surface area contributed by atoms with Gasteiger partial charge in [-0.2, -0.15) is 0 Å². The summed E-state index contributed by atoms with van der Waals surface area (Å²) in [5.74, 6) is -0.197. The van der Waals surface area contributed by atoms with Crippen molar-refractivity contribution < 1.29 is 9.13 Å². The first-order valence-electron chi connectivity index (χ1n) is 4.38. The average molecular weight is 262 g/mol. The van der Waals surface area contributed by atoms with E-state index in [4.69, 9.17) is 4.74 Å². The van der Waals surface area contributed by atoms with E-state index in [1.807, 2.05) is 6.07 Å². The second kappa shape index (κ2) is 6.11. The number of benzene rings is 1. The van der Waals surface area contributed by atoms with Crippen molar-refractivity contribution in [2.24, 2.45) is 0 Å². The molecule has 0 fully saturated rings. The quantitative estimate of drug-likeness (QED) is 0.822. The minimum absolute atomic E-state index is 0.197. The lowest BCUT2D eigenvalue weighted by Crippen LogP contribution is -2.19. The highest BCUT2D eigenvalue weighted by atomic mass is 79.9. The first-order chi connectivity index (χ1) is 6.75. The van der Waals surface area contributed by atoms with Crippen molar-refractivity contribution in [3.05, 3.63) is 34.1 Å². The molecule has 0 aromatic heterocycles. The molecule has 0 spiro atoms. The van der Waals surface area contributed by atoms with Crippen LogP contribution in [-0.2, 0) is 11.3 Å². The molecule has 0 saturated carbocycles. The fraction of sp³-hybridized carbons (Fsp3) is 0.400. The van der Waals surface area contributed by atoms with Gasteiger partial charge in [0.25, 0.3) is 0 Å². The van der Waals surface area contributed by atoms with E-state index in [2.05, 4.69) is 21.2 Å². The number of nitrogens with one attached hydrogen (secondary N) is 1. The molecule has 1 N–H and O–H groups in total. The Morgan fingerprint density at radius 3 is 3.00 bits per heavy atom. The van der Waals surface area contributed by atoms with E-state index in [0.717, 1.165) is 6.54 Å². The van der Waals surface area contributed by atoms with Crippen LogP contribution in [0.5, 0.6) is 0 Å². The number of rotatable bonds is 5. The second-order valence-corrected chi connectivity index (χ2v) is 3.74. The number of hydrogen-bond donors (Lipinski definition) is 1. The molecule has 1 aromatic carbocycles. The normalized spacial score (nSPS) is 10.5. The van der Waals surface area contributed by atoms with Gasteiger partial charge < -0.3 is 10.1 Å². The number of halogens is 2. The van der Waals surface area contributed by atoms with Gasteiger partial charge in [0.2, 0.25) is 0 Å². The molecule has 0 aliphatic rings. The second-order valence-electron chi connectivity index (χ2n) is 2.88. The largest absolute Gasteiger partial charge is 0.383 e. The maximum absolute atomic E-state index is 13.4. The number of ether oxygens (including phenoxy) is 1. The van der Waals surface area contributed by atoms with Gasteiger partial charge in [-0.3, -0.25) is 0 Å². The SMILES string of the molecule is COCCNCc1cccc(Br)c1F. The molecule has 0 aliphatic heterocycles. The molecule has 4 heteroatoms. The third-order valence-electron chi connectivity index (χ3n) is 1.83. The summed E-state index contributed by atoms with van der Waals surface area (Å²) in [4.78, 5) is 0. The van der Waals surface area contributed by atoms with Gasteiger partial charge in [0, 0.05) is 25.8 Å². The summed E-state index contributed by atoms with van der Waals surface area (Å²) in [6, 6.07) is 5.27. The van der Waals surface area contributed by atoms with Gasteiger partial charge in [-0.05, 0) is 22.0 Å². The van der Waals surface area contributed by atoms with E-state index < -0.39 is 0 Å². The predicted molar refractivity (Wildman–Crippen MR) is 57.7 cm³/mol. The Kier molecular flexibility index (Phi) is 5.07. The van der Waals surface area contributed by atoms with Gasteiger partial charge in [-0.15, -0.1) is 0 Å². The maximum atomic E-state index is 13.4. The summed E-state index contributed by atoms with van der Waals surface area (Å²) in [6.07, 6.45) is 0. The lowest BCUT2D eigenvalue weighted by molar-refractivity contribution is 0.199. The molecule has 0 heterocycles. The highest BCUT2D eigenvalue weighted by Gasteiger charge is 2.04. The van der Waals surface area contributed by atoms with Crippen LogP contribution in [0.1, 0.15) is 5.56 Å². The van der Waals surface area contributed by atoms with Crippen molar-refractivity contribution >= 4 is 15.9 Å². The molecule has 0 amide bonds. The van der Waals surface area contributed by atoms with Gasteiger partial charge in [0.05, 0.1) is 11.1 Å². The van der Waals surface area contributed by atoms with Gasteiger partial charge in [0.15, 0.2) is 0 Å². The minimum atomic E-state index is -0.197. The fourth-order valence-electron chi connectivity index (χ4n) is 1.08. The summed E-state index contributed by atoms with van der Waals surface area (Å²) in [7, 11) is 1.64. The summed E-state index contributed by atoms with van der Waals surface area (Å²) < 4.78 is 18.8. The fourth-order valence-corrected chi connectivity index (χ4v) is 1.49. The lowest BCUT2D eigenvalue weighted by Gasteiger charge is -2.06. The third kappa shape index (κ3) is 3.36.